The summed E-state index contributed by atoms with van der Waals surface area (Å²) in [4.78, 5) is 12.1. The zero-order valence-corrected chi connectivity index (χ0v) is 12.1. The van der Waals surface area contributed by atoms with Gasteiger partial charge in [-0.2, -0.15) is 5.10 Å². The Balaban J connectivity index is 1.80. The Hall–Kier alpha value is -2.14. The van der Waals surface area contributed by atoms with Crippen molar-refractivity contribution in [3.05, 3.63) is 64.3 Å². The van der Waals surface area contributed by atoms with Crippen LogP contribution in [-0.2, 0) is 11.3 Å². The lowest BCUT2D eigenvalue weighted by Gasteiger charge is -2.06. The second-order valence-corrected chi connectivity index (χ2v) is 5.21. The van der Waals surface area contributed by atoms with Gasteiger partial charge in [0.25, 0.3) is 0 Å². The van der Waals surface area contributed by atoms with Gasteiger partial charge in [0.15, 0.2) is 0 Å². The van der Waals surface area contributed by atoms with Crippen molar-refractivity contribution in [2.45, 2.75) is 6.61 Å². The summed E-state index contributed by atoms with van der Waals surface area (Å²) in [5, 5.41) is 7.72. The number of aromatic amines is 1. The van der Waals surface area contributed by atoms with Crippen LogP contribution in [0.1, 0.15) is 15.9 Å². The summed E-state index contributed by atoms with van der Waals surface area (Å²) in [6.07, 6.45) is 1.71. The van der Waals surface area contributed by atoms with Gasteiger partial charge in [0.2, 0.25) is 0 Å². The zero-order chi connectivity index (χ0) is 13.9. The molecule has 4 nitrogen and oxygen atoms in total. The second kappa shape index (κ2) is 5.46. The summed E-state index contributed by atoms with van der Waals surface area (Å²) in [5.74, 6) is -0.364. The van der Waals surface area contributed by atoms with E-state index in [1.54, 1.807) is 12.3 Å². The maximum Gasteiger partial charge on any atom is 0.339 e. The monoisotopic (exact) mass is 330 g/mol. The Morgan fingerprint density at radius 2 is 2.05 bits per heavy atom. The first kappa shape index (κ1) is 12.9. The maximum absolute atomic E-state index is 12.1. The summed E-state index contributed by atoms with van der Waals surface area (Å²) < 4.78 is 6.02. The summed E-state index contributed by atoms with van der Waals surface area (Å²) in [6.45, 7) is 0.257. The molecule has 0 fully saturated rings. The number of hydrogen-bond acceptors (Lipinski definition) is 3. The van der Waals surface area contributed by atoms with Crippen molar-refractivity contribution in [1.82, 2.24) is 10.2 Å². The highest BCUT2D eigenvalue weighted by Gasteiger charge is 2.13. The van der Waals surface area contributed by atoms with E-state index in [-0.39, 0.29) is 12.6 Å². The zero-order valence-electron chi connectivity index (χ0n) is 10.5. The van der Waals surface area contributed by atoms with Crippen molar-refractivity contribution < 1.29 is 9.53 Å². The topological polar surface area (TPSA) is 55.0 Å². The number of benzene rings is 2. The Labute approximate surface area is 123 Å². The van der Waals surface area contributed by atoms with Crippen LogP contribution in [0.4, 0.5) is 0 Å². The molecule has 1 N–H and O–H groups in total. The fourth-order valence-electron chi connectivity index (χ4n) is 1.92. The Morgan fingerprint density at radius 3 is 2.85 bits per heavy atom. The molecule has 0 spiro atoms. The largest absolute Gasteiger partial charge is 0.457 e. The van der Waals surface area contributed by atoms with Gasteiger partial charge in [-0.25, -0.2) is 4.79 Å². The number of nitrogens with one attached hydrogen (secondary N) is 1. The maximum atomic E-state index is 12.1. The van der Waals surface area contributed by atoms with Gasteiger partial charge >= 0.3 is 5.97 Å². The van der Waals surface area contributed by atoms with Crippen LogP contribution in [-0.4, -0.2) is 16.2 Å². The minimum absolute atomic E-state index is 0.257. The van der Waals surface area contributed by atoms with E-state index in [1.165, 1.54) is 0 Å². The molecular weight excluding hydrogens is 320 g/mol. The number of carbonyl (C=O) groups excluding carboxylic acids is 1. The summed E-state index contributed by atoms with van der Waals surface area (Å²) in [7, 11) is 0. The molecule has 20 heavy (non-hydrogen) atoms. The van der Waals surface area contributed by atoms with Gasteiger partial charge in [0.1, 0.15) is 6.61 Å². The van der Waals surface area contributed by atoms with E-state index in [0.29, 0.717) is 10.0 Å². The van der Waals surface area contributed by atoms with Crippen LogP contribution in [0.15, 0.2) is 53.1 Å². The van der Waals surface area contributed by atoms with Crippen molar-refractivity contribution in [1.29, 1.82) is 0 Å². The molecule has 2 aromatic carbocycles. The fourth-order valence-corrected chi connectivity index (χ4v) is 2.44. The van der Waals surface area contributed by atoms with E-state index in [2.05, 4.69) is 26.1 Å². The highest BCUT2D eigenvalue weighted by Crippen LogP contribution is 2.24. The molecule has 1 heterocycles. The minimum Gasteiger partial charge on any atom is -0.457 e. The van der Waals surface area contributed by atoms with E-state index in [0.717, 1.165) is 16.5 Å². The van der Waals surface area contributed by atoms with Crippen LogP contribution >= 0.6 is 15.9 Å². The first-order valence-corrected chi connectivity index (χ1v) is 6.87. The molecule has 0 radical (unpaired) electrons. The Bertz CT molecular complexity index is 753. The molecule has 0 unspecified atom stereocenters. The molecule has 3 aromatic rings. The normalized spacial score (nSPS) is 10.7. The van der Waals surface area contributed by atoms with Crippen molar-refractivity contribution in [2.24, 2.45) is 0 Å². The third kappa shape index (κ3) is 2.58. The number of hydrogen-bond donors (Lipinski definition) is 1. The lowest BCUT2D eigenvalue weighted by Crippen LogP contribution is -2.06. The molecule has 0 saturated heterocycles. The van der Waals surface area contributed by atoms with E-state index in [9.17, 15) is 4.79 Å². The van der Waals surface area contributed by atoms with Gasteiger partial charge in [-0.3, -0.25) is 5.10 Å². The first-order chi connectivity index (χ1) is 9.74. The van der Waals surface area contributed by atoms with Crippen LogP contribution in [0, 0.1) is 0 Å². The smallest absolute Gasteiger partial charge is 0.339 e. The predicted molar refractivity (Wildman–Crippen MR) is 79.4 cm³/mol. The number of fused-ring (bicyclic) bond motifs is 1. The minimum atomic E-state index is -0.364. The molecule has 0 aliphatic carbocycles. The van der Waals surface area contributed by atoms with Gasteiger partial charge in [-0.05, 0) is 33.6 Å². The van der Waals surface area contributed by atoms with Crippen LogP contribution in [0.2, 0.25) is 0 Å². The average molecular weight is 331 g/mol. The van der Waals surface area contributed by atoms with E-state index < -0.39 is 0 Å². The number of nitrogens with zero attached hydrogens (tertiary/aromatic N) is 1. The number of H-pyrrole nitrogens is 1. The van der Waals surface area contributed by atoms with E-state index in [1.807, 2.05) is 36.4 Å². The second-order valence-electron chi connectivity index (χ2n) is 4.35. The predicted octanol–water partition coefficient (Wildman–Crippen LogP) is 3.68. The first-order valence-electron chi connectivity index (χ1n) is 6.08. The third-order valence-electron chi connectivity index (χ3n) is 2.96. The number of ether oxygens (including phenoxy) is 1. The molecule has 3 rings (SSSR count). The standard InChI is InChI=1S/C15H11BrN2O2/c16-13-6-11-8-17-18-14(11)7-12(13)15(19)20-9-10-4-2-1-3-5-10/h1-8H,9H2,(H,17,18). The van der Waals surface area contributed by atoms with Crippen molar-refractivity contribution in [2.75, 3.05) is 0 Å². The number of aromatic nitrogens is 2. The van der Waals surface area contributed by atoms with Gasteiger partial charge in [-0.15, -0.1) is 0 Å². The lowest BCUT2D eigenvalue weighted by atomic mass is 10.1. The molecule has 0 atom stereocenters. The van der Waals surface area contributed by atoms with Gasteiger partial charge in [-0.1, -0.05) is 30.3 Å². The number of rotatable bonds is 3. The van der Waals surface area contributed by atoms with Crippen LogP contribution < -0.4 is 0 Å². The van der Waals surface area contributed by atoms with E-state index in [4.69, 9.17) is 4.74 Å². The van der Waals surface area contributed by atoms with Crippen LogP contribution in [0.5, 0.6) is 0 Å². The molecule has 0 bridgehead atoms. The fraction of sp³-hybridized carbons (Fsp3) is 0.0667. The van der Waals surface area contributed by atoms with Crippen molar-refractivity contribution in [3.8, 4) is 0 Å². The van der Waals surface area contributed by atoms with Gasteiger partial charge in [0, 0.05) is 9.86 Å². The third-order valence-corrected chi connectivity index (χ3v) is 3.62. The van der Waals surface area contributed by atoms with Gasteiger partial charge in [0.05, 0.1) is 17.3 Å². The molecule has 100 valence electrons. The van der Waals surface area contributed by atoms with Crippen LogP contribution in [0.3, 0.4) is 0 Å². The average Bonchev–Trinajstić information content (AvgIpc) is 2.92. The molecule has 0 saturated carbocycles. The molecule has 0 amide bonds. The molecule has 0 aliphatic rings. The lowest BCUT2D eigenvalue weighted by molar-refractivity contribution is 0.0472. The quantitative estimate of drug-likeness (QED) is 0.745. The SMILES string of the molecule is O=C(OCc1ccccc1)c1cc2[nH]ncc2cc1Br. The number of esters is 1. The molecule has 1 aromatic heterocycles. The van der Waals surface area contributed by atoms with E-state index >= 15 is 0 Å². The van der Waals surface area contributed by atoms with Gasteiger partial charge < -0.3 is 4.74 Å². The highest BCUT2D eigenvalue weighted by atomic mass is 79.9. The summed E-state index contributed by atoms with van der Waals surface area (Å²) in [6, 6.07) is 13.2. The Morgan fingerprint density at radius 1 is 1.25 bits per heavy atom. The van der Waals surface area contributed by atoms with Crippen molar-refractivity contribution >= 4 is 32.8 Å². The highest BCUT2D eigenvalue weighted by molar-refractivity contribution is 9.10. The number of carbonyl (C=O) groups is 1. The summed E-state index contributed by atoms with van der Waals surface area (Å²) in [5.41, 5.74) is 2.25. The van der Waals surface area contributed by atoms with Crippen molar-refractivity contribution in [3.63, 3.8) is 0 Å². The molecular formula is C15H11BrN2O2. The molecule has 5 heteroatoms. The number of halogens is 1. The van der Waals surface area contributed by atoms with Crippen LogP contribution in [0.25, 0.3) is 10.9 Å². The molecule has 0 aliphatic heterocycles. The summed E-state index contributed by atoms with van der Waals surface area (Å²) >= 11 is 3.39. The Kier molecular flexibility index (Phi) is 3.52.